The smallest absolute Gasteiger partial charge is 0.417 e. The first kappa shape index (κ1) is 29.3. The van der Waals surface area contributed by atoms with E-state index in [1.165, 1.54) is 26.5 Å². The molecule has 0 bridgehead atoms. The van der Waals surface area contributed by atoms with Crippen molar-refractivity contribution in [2.45, 2.75) is 79.3 Å². The topological polar surface area (TPSA) is 93.2 Å². The van der Waals surface area contributed by atoms with Crippen LogP contribution in [0.5, 0.6) is 0 Å². The van der Waals surface area contributed by atoms with Crippen LogP contribution in [0.15, 0.2) is 36.4 Å². The Labute approximate surface area is 236 Å². The molecule has 0 aliphatic carbocycles. The molecule has 0 radical (unpaired) electrons. The second kappa shape index (κ2) is 11.8. The quantitative estimate of drug-likeness (QED) is 0.492. The molecule has 0 saturated carbocycles. The molecule has 2 aromatic carbocycles. The van der Waals surface area contributed by atoms with Crippen LogP contribution in [-0.4, -0.2) is 59.1 Å². The standard InChI is InChI=1S/C16H19NO3.C16H21NO3/c1-9-4-5-12(6-10(9)2)13-7-11(3)14-8-20-16(19)17(14)15(13)18;1-10(2)14-9-20-16(19)17(14)15(18)8-13-6-5-11(3)12(4)7-13/h4-6,11,13-14H,7-8H2,1-3H3;5-7,10,14H,8-9H2,1-4H3/t11?,13-,14+;14-/m01/s1. The summed E-state index contributed by atoms with van der Waals surface area (Å²) in [7, 11) is 0. The lowest BCUT2D eigenvalue weighted by Crippen LogP contribution is -2.49. The molecule has 0 N–H and O–H groups in total. The lowest BCUT2D eigenvalue weighted by atomic mass is 9.80. The van der Waals surface area contributed by atoms with Crippen LogP contribution in [0, 0.1) is 39.5 Å². The van der Waals surface area contributed by atoms with Gasteiger partial charge in [0, 0.05) is 0 Å². The molecule has 3 heterocycles. The van der Waals surface area contributed by atoms with Crippen molar-refractivity contribution in [2.75, 3.05) is 13.2 Å². The summed E-state index contributed by atoms with van der Waals surface area (Å²) in [5.41, 5.74) is 6.67. The van der Waals surface area contributed by atoms with Crippen LogP contribution in [0.4, 0.5) is 9.59 Å². The summed E-state index contributed by atoms with van der Waals surface area (Å²) in [4.78, 5) is 51.0. The van der Waals surface area contributed by atoms with Crippen molar-refractivity contribution in [1.29, 1.82) is 0 Å². The zero-order valence-electron chi connectivity index (χ0n) is 24.5. The average molecular weight is 549 g/mol. The third-order valence-corrected chi connectivity index (χ3v) is 8.51. The third-order valence-electron chi connectivity index (χ3n) is 8.51. The monoisotopic (exact) mass is 548 g/mol. The van der Waals surface area contributed by atoms with E-state index >= 15 is 0 Å². The maximum absolute atomic E-state index is 12.6. The van der Waals surface area contributed by atoms with Crippen LogP contribution < -0.4 is 0 Å². The van der Waals surface area contributed by atoms with Crippen molar-refractivity contribution in [3.8, 4) is 0 Å². The molecule has 214 valence electrons. The number of amides is 4. The molecule has 2 aromatic rings. The molecule has 8 nitrogen and oxygen atoms in total. The Bertz CT molecular complexity index is 1300. The number of cyclic esters (lactones) is 2. The molecule has 3 aliphatic rings. The molecule has 3 saturated heterocycles. The summed E-state index contributed by atoms with van der Waals surface area (Å²) >= 11 is 0. The molecule has 0 spiro atoms. The van der Waals surface area contributed by atoms with Crippen molar-refractivity contribution in [3.63, 3.8) is 0 Å². The van der Waals surface area contributed by atoms with Gasteiger partial charge in [0.15, 0.2) is 0 Å². The molecule has 5 rings (SSSR count). The van der Waals surface area contributed by atoms with E-state index < -0.39 is 12.2 Å². The van der Waals surface area contributed by atoms with E-state index in [9.17, 15) is 19.2 Å². The number of carbonyl (C=O) groups is 4. The largest absolute Gasteiger partial charge is 0.447 e. The minimum atomic E-state index is -0.516. The van der Waals surface area contributed by atoms with E-state index in [1.807, 2.05) is 65.0 Å². The number of carbonyl (C=O) groups excluding carboxylic acids is 4. The molecular weight excluding hydrogens is 508 g/mol. The van der Waals surface area contributed by atoms with Gasteiger partial charge < -0.3 is 9.47 Å². The molecule has 4 amide bonds. The van der Waals surface area contributed by atoms with Crippen molar-refractivity contribution in [1.82, 2.24) is 9.80 Å². The van der Waals surface area contributed by atoms with Gasteiger partial charge in [0.2, 0.25) is 11.8 Å². The van der Waals surface area contributed by atoms with E-state index in [2.05, 4.69) is 19.9 Å². The number of hydrogen-bond acceptors (Lipinski definition) is 6. The second-order valence-corrected chi connectivity index (χ2v) is 11.7. The highest BCUT2D eigenvalue weighted by Gasteiger charge is 2.48. The average Bonchev–Trinajstić information content (AvgIpc) is 3.49. The van der Waals surface area contributed by atoms with Crippen molar-refractivity contribution in [2.24, 2.45) is 11.8 Å². The molecular formula is C32H40N2O6. The number of rotatable bonds is 4. The van der Waals surface area contributed by atoms with E-state index in [1.54, 1.807) is 0 Å². The Morgan fingerprint density at radius 2 is 1.50 bits per heavy atom. The molecule has 40 heavy (non-hydrogen) atoms. The lowest BCUT2D eigenvalue weighted by Gasteiger charge is -2.35. The molecule has 4 atom stereocenters. The van der Waals surface area contributed by atoms with Crippen LogP contribution >= 0.6 is 0 Å². The molecule has 8 heteroatoms. The Balaban J connectivity index is 0.000000185. The van der Waals surface area contributed by atoms with Gasteiger partial charge >= 0.3 is 12.2 Å². The summed E-state index contributed by atoms with van der Waals surface area (Å²) in [6.07, 6.45) is 0.0106. The lowest BCUT2D eigenvalue weighted by molar-refractivity contribution is -0.135. The van der Waals surface area contributed by atoms with Gasteiger partial charge in [-0.3, -0.25) is 9.59 Å². The highest BCUT2D eigenvalue weighted by atomic mass is 16.6. The summed E-state index contributed by atoms with van der Waals surface area (Å²) in [5.74, 6) is -0.0598. The molecule has 1 unspecified atom stereocenters. The maximum Gasteiger partial charge on any atom is 0.417 e. The Morgan fingerprint density at radius 3 is 2.12 bits per heavy atom. The highest BCUT2D eigenvalue weighted by molar-refractivity contribution is 5.98. The van der Waals surface area contributed by atoms with Crippen molar-refractivity contribution >= 4 is 24.0 Å². The Hall–Kier alpha value is -3.68. The van der Waals surface area contributed by atoms with Gasteiger partial charge in [-0.2, -0.15) is 0 Å². The summed E-state index contributed by atoms with van der Waals surface area (Å²) in [5, 5.41) is 0. The first-order valence-corrected chi connectivity index (χ1v) is 14.0. The molecule has 3 aliphatic heterocycles. The van der Waals surface area contributed by atoms with Gasteiger partial charge in [0.05, 0.1) is 24.4 Å². The van der Waals surface area contributed by atoms with E-state index in [-0.39, 0.29) is 48.1 Å². The van der Waals surface area contributed by atoms with Crippen molar-refractivity contribution < 1.29 is 28.7 Å². The number of nitrogens with zero attached hydrogens (tertiary/aromatic N) is 2. The fraction of sp³-hybridized carbons (Fsp3) is 0.500. The van der Waals surface area contributed by atoms with Crippen LogP contribution in [0.2, 0.25) is 0 Å². The predicted molar refractivity (Wildman–Crippen MR) is 151 cm³/mol. The SMILES string of the molecule is Cc1ccc(CC(=O)N2C(=O)OC[C@@H]2C(C)C)cc1C.Cc1ccc([C@@H]2CC(C)[C@H]3COC(=O)N3C2=O)cc1C. The van der Waals surface area contributed by atoms with Crippen LogP contribution in [0.25, 0.3) is 0 Å². The predicted octanol–water partition coefficient (Wildman–Crippen LogP) is 5.62. The Morgan fingerprint density at radius 1 is 0.875 bits per heavy atom. The maximum atomic E-state index is 12.6. The van der Waals surface area contributed by atoms with Gasteiger partial charge in [-0.1, -0.05) is 57.2 Å². The highest BCUT2D eigenvalue weighted by Crippen LogP contribution is 2.38. The van der Waals surface area contributed by atoms with Gasteiger partial charge in [-0.05, 0) is 79.3 Å². The number of piperidine rings is 1. The number of hydrogen-bond donors (Lipinski definition) is 0. The number of imide groups is 2. The minimum absolute atomic E-state index is 0.0854. The summed E-state index contributed by atoms with van der Waals surface area (Å²) in [6.45, 7) is 14.9. The van der Waals surface area contributed by atoms with E-state index in [0.717, 1.165) is 23.1 Å². The molecule has 3 fully saturated rings. The van der Waals surface area contributed by atoms with Gasteiger partial charge in [-0.15, -0.1) is 0 Å². The number of aryl methyl sites for hydroxylation is 4. The minimum Gasteiger partial charge on any atom is -0.447 e. The zero-order chi connectivity index (χ0) is 29.3. The normalized spacial score (nSPS) is 23.9. The van der Waals surface area contributed by atoms with Crippen molar-refractivity contribution in [3.05, 3.63) is 69.8 Å². The first-order valence-electron chi connectivity index (χ1n) is 14.0. The van der Waals surface area contributed by atoms with Gasteiger partial charge in [0.25, 0.3) is 0 Å². The fourth-order valence-electron chi connectivity index (χ4n) is 5.55. The van der Waals surface area contributed by atoms with Crippen LogP contribution in [0.1, 0.15) is 66.5 Å². The Kier molecular flexibility index (Phi) is 8.66. The van der Waals surface area contributed by atoms with Crippen LogP contribution in [0.3, 0.4) is 0 Å². The van der Waals surface area contributed by atoms with E-state index in [4.69, 9.17) is 9.47 Å². The number of fused-ring (bicyclic) bond motifs is 1. The zero-order valence-corrected chi connectivity index (χ0v) is 24.5. The summed E-state index contributed by atoms with van der Waals surface area (Å²) in [6, 6.07) is 11.8. The number of benzene rings is 2. The van der Waals surface area contributed by atoms with Gasteiger partial charge in [-0.25, -0.2) is 19.4 Å². The second-order valence-electron chi connectivity index (χ2n) is 11.7. The fourth-order valence-corrected chi connectivity index (χ4v) is 5.55. The van der Waals surface area contributed by atoms with E-state index in [0.29, 0.717) is 13.2 Å². The molecule has 0 aromatic heterocycles. The first-order chi connectivity index (χ1) is 18.9. The summed E-state index contributed by atoms with van der Waals surface area (Å²) < 4.78 is 10.0. The van der Waals surface area contributed by atoms with Gasteiger partial charge in [0.1, 0.15) is 13.2 Å². The third kappa shape index (κ3) is 5.91. The van der Waals surface area contributed by atoms with Crippen LogP contribution in [-0.2, 0) is 25.5 Å². The number of ether oxygens (including phenoxy) is 2.